The van der Waals surface area contributed by atoms with Gasteiger partial charge in [0.25, 0.3) is 0 Å². The van der Waals surface area contributed by atoms with Crippen LogP contribution in [-0.2, 0) is 0 Å². The van der Waals surface area contributed by atoms with E-state index in [-0.39, 0.29) is 0 Å². The summed E-state index contributed by atoms with van der Waals surface area (Å²) in [5.74, 6) is 0.866. The lowest BCUT2D eigenvalue weighted by Gasteiger charge is -2.26. The van der Waals surface area contributed by atoms with Crippen LogP contribution < -0.4 is 0 Å². The molecule has 84 valence electrons. The van der Waals surface area contributed by atoms with Crippen molar-refractivity contribution in [3.8, 4) is 6.07 Å². The standard InChI is InChI=1S/C14H17NS/c1-11-4-2-6-13(8-11)16-14-7-3-5-12(9-14)10-15/h3,5,7,9,11,13H,2,4,6,8H2,1H3. The predicted octanol–water partition coefficient (Wildman–Crippen LogP) is 4.23. The summed E-state index contributed by atoms with van der Waals surface area (Å²) >= 11 is 1.95. The highest BCUT2D eigenvalue weighted by Gasteiger charge is 2.19. The third kappa shape index (κ3) is 3.02. The Balaban J connectivity index is 2.00. The van der Waals surface area contributed by atoms with Crippen LogP contribution in [0, 0.1) is 17.2 Å². The molecule has 0 amide bonds. The van der Waals surface area contributed by atoms with Gasteiger partial charge in [-0.05, 0) is 37.0 Å². The van der Waals surface area contributed by atoms with E-state index in [1.807, 2.05) is 30.0 Å². The molecule has 16 heavy (non-hydrogen) atoms. The molecule has 2 rings (SSSR count). The minimum atomic E-state index is 0.748. The number of benzene rings is 1. The smallest absolute Gasteiger partial charge is 0.0992 e. The third-order valence-corrected chi connectivity index (χ3v) is 4.44. The molecule has 1 fully saturated rings. The maximum atomic E-state index is 8.85. The van der Waals surface area contributed by atoms with Crippen molar-refractivity contribution in [2.24, 2.45) is 5.92 Å². The van der Waals surface area contributed by atoms with Gasteiger partial charge in [-0.25, -0.2) is 0 Å². The summed E-state index contributed by atoms with van der Waals surface area (Å²) in [6, 6.07) is 10.2. The average molecular weight is 231 g/mol. The van der Waals surface area contributed by atoms with E-state index in [0.29, 0.717) is 0 Å². The summed E-state index contributed by atoms with van der Waals surface area (Å²) in [5.41, 5.74) is 0.772. The van der Waals surface area contributed by atoms with E-state index < -0.39 is 0 Å². The van der Waals surface area contributed by atoms with Gasteiger partial charge in [0.05, 0.1) is 11.6 Å². The first kappa shape index (κ1) is 11.5. The normalized spacial score (nSPS) is 25.0. The van der Waals surface area contributed by atoms with Crippen LogP contribution in [0.1, 0.15) is 38.2 Å². The summed E-state index contributed by atoms with van der Waals surface area (Å²) in [4.78, 5) is 1.25. The molecule has 0 aliphatic heterocycles. The number of nitrogens with zero attached hydrogens (tertiary/aromatic N) is 1. The summed E-state index contributed by atoms with van der Waals surface area (Å²) in [6.45, 7) is 2.35. The molecule has 1 nitrogen and oxygen atoms in total. The van der Waals surface area contributed by atoms with Crippen LogP contribution in [0.4, 0.5) is 0 Å². The van der Waals surface area contributed by atoms with Crippen LogP contribution in [0.15, 0.2) is 29.2 Å². The first-order valence-electron chi connectivity index (χ1n) is 5.95. The van der Waals surface area contributed by atoms with Crippen molar-refractivity contribution in [1.82, 2.24) is 0 Å². The lowest BCUT2D eigenvalue weighted by molar-refractivity contribution is 0.394. The van der Waals surface area contributed by atoms with Gasteiger partial charge in [-0.3, -0.25) is 0 Å². The van der Waals surface area contributed by atoms with Crippen LogP contribution in [0.2, 0.25) is 0 Å². The van der Waals surface area contributed by atoms with Gasteiger partial charge in [0.2, 0.25) is 0 Å². The Morgan fingerprint density at radius 1 is 1.38 bits per heavy atom. The molecule has 0 spiro atoms. The van der Waals surface area contributed by atoms with Crippen LogP contribution >= 0.6 is 11.8 Å². The molecule has 0 N–H and O–H groups in total. The Morgan fingerprint density at radius 2 is 2.25 bits per heavy atom. The quantitative estimate of drug-likeness (QED) is 0.760. The first-order valence-corrected chi connectivity index (χ1v) is 6.82. The fourth-order valence-electron chi connectivity index (χ4n) is 2.32. The minimum absolute atomic E-state index is 0.748. The molecular weight excluding hydrogens is 214 g/mol. The van der Waals surface area contributed by atoms with Gasteiger partial charge in [-0.2, -0.15) is 5.26 Å². The third-order valence-electron chi connectivity index (χ3n) is 3.15. The Labute approximate surface area is 102 Å². The van der Waals surface area contributed by atoms with Crippen molar-refractivity contribution in [2.75, 3.05) is 0 Å². The average Bonchev–Trinajstić information content (AvgIpc) is 2.29. The van der Waals surface area contributed by atoms with E-state index in [1.165, 1.54) is 30.6 Å². The first-order chi connectivity index (χ1) is 7.78. The lowest BCUT2D eigenvalue weighted by atomic mass is 9.91. The summed E-state index contributed by atoms with van der Waals surface area (Å²) in [5, 5.41) is 9.60. The van der Waals surface area contributed by atoms with Gasteiger partial charge in [0.15, 0.2) is 0 Å². The Morgan fingerprint density at radius 3 is 3.00 bits per heavy atom. The van der Waals surface area contributed by atoms with Crippen molar-refractivity contribution < 1.29 is 0 Å². The van der Waals surface area contributed by atoms with Gasteiger partial charge in [-0.1, -0.05) is 25.8 Å². The zero-order chi connectivity index (χ0) is 11.4. The molecule has 2 heteroatoms. The van der Waals surface area contributed by atoms with Crippen molar-refractivity contribution in [3.63, 3.8) is 0 Å². The second kappa shape index (κ2) is 5.41. The largest absolute Gasteiger partial charge is 0.192 e. The second-order valence-corrected chi connectivity index (χ2v) is 6.03. The van der Waals surface area contributed by atoms with Gasteiger partial charge >= 0.3 is 0 Å². The van der Waals surface area contributed by atoms with Crippen molar-refractivity contribution in [2.45, 2.75) is 42.8 Å². The SMILES string of the molecule is CC1CCCC(Sc2cccc(C#N)c2)C1. The maximum Gasteiger partial charge on any atom is 0.0992 e. The van der Waals surface area contributed by atoms with E-state index in [1.54, 1.807) is 0 Å². The highest BCUT2D eigenvalue weighted by atomic mass is 32.2. The molecule has 1 aliphatic carbocycles. The number of nitriles is 1. The molecule has 0 radical (unpaired) electrons. The molecule has 0 bridgehead atoms. The van der Waals surface area contributed by atoms with Crippen LogP contribution in [0.5, 0.6) is 0 Å². The predicted molar refractivity (Wildman–Crippen MR) is 68.4 cm³/mol. The van der Waals surface area contributed by atoms with E-state index >= 15 is 0 Å². The molecule has 0 aromatic heterocycles. The molecule has 1 aromatic rings. The molecule has 1 aromatic carbocycles. The van der Waals surface area contributed by atoms with E-state index in [4.69, 9.17) is 5.26 Å². The van der Waals surface area contributed by atoms with Gasteiger partial charge < -0.3 is 0 Å². The second-order valence-electron chi connectivity index (χ2n) is 4.65. The van der Waals surface area contributed by atoms with Crippen molar-refractivity contribution >= 4 is 11.8 Å². The van der Waals surface area contributed by atoms with E-state index in [9.17, 15) is 0 Å². The number of hydrogen-bond acceptors (Lipinski definition) is 2. The number of thioether (sulfide) groups is 1. The zero-order valence-corrected chi connectivity index (χ0v) is 10.5. The summed E-state index contributed by atoms with van der Waals surface area (Å²) < 4.78 is 0. The molecule has 0 heterocycles. The van der Waals surface area contributed by atoms with Gasteiger partial charge in [-0.15, -0.1) is 11.8 Å². The molecule has 2 unspecified atom stereocenters. The molecule has 0 saturated heterocycles. The van der Waals surface area contributed by atoms with Crippen molar-refractivity contribution in [1.29, 1.82) is 5.26 Å². The minimum Gasteiger partial charge on any atom is -0.192 e. The van der Waals surface area contributed by atoms with Gasteiger partial charge in [0, 0.05) is 10.1 Å². The Bertz CT molecular complexity index is 394. The van der Waals surface area contributed by atoms with Gasteiger partial charge in [0.1, 0.15) is 0 Å². The molecule has 1 saturated carbocycles. The van der Waals surface area contributed by atoms with E-state index in [2.05, 4.69) is 19.1 Å². The highest BCUT2D eigenvalue weighted by Crippen LogP contribution is 2.36. The molecule has 1 aliphatic rings. The summed E-state index contributed by atoms with van der Waals surface area (Å²) in [7, 11) is 0. The monoisotopic (exact) mass is 231 g/mol. The Kier molecular flexibility index (Phi) is 3.90. The molecule has 2 atom stereocenters. The number of hydrogen-bond donors (Lipinski definition) is 0. The van der Waals surface area contributed by atoms with Crippen LogP contribution in [0.3, 0.4) is 0 Å². The number of rotatable bonds is 2. The maximum absolute atomic E-state index is 8.85. The fourth-order valence-corrected chi connectivity index (χ4v) is 3.76. The fraction of sp³-hybridized carbons (Fsp3) is 0.500. The Hall–Kier alpha value is -0.940. The van der Waals surface area contributed by atoms with Crippen LogP contribution in [0.25, 0.3) is 0 Å². The zero-order valence-electron chi connectivity index (χ0n) is 9.65. The topological polar surface area (TPSA) is 23.8 Å². The van der Waals surface area contributed by atoms with Crippen molar-refractivity contribution in [3.05, 3.63) is 29.8 Å². The lowest BCUT2D eigenvalue weighted by Crippen LogP contribution is -2.14. The molecular formula is C14H17NS. The summed E-state index contributed by atoms with van der Waals surface area (Å²) in [6.07, 6.45) is 5.39. The van der Waals surface area contributed by atoms with E-state index in [0.717, 1.165) is 16.7 Å². The highest BCUT2D eigenvalue weighted by molar-refractivity contribution is 8.00. The van der Waals surface area contributed by atoms with Crippen LogP contribution in [-0.4, -0.2) is 5.25 Å².